The van der Waals surface area contributed by atoms with E-state index in [0.29, 0.717) is 11.4 Å². The number of hydrogen-bond donors (Lipinski definition) is 2. The first kappa shape index (κ1) is 15.8. The Bertz CT molecular complexity index is 542. The Kier molecular flexibility index (Phi) is 4.19. The summed E-state index contributed by atoms with van der Waals surface area (Å²) in [4.78, 5) is 12.3. The molecule has 0 saturated heterocycles. The van der Waals surface area contributed by atoms with Crippen molar-refractivity contribution in [2.24, 2.45) is 0 Å². The fourth-order valence-corrected chi connectivity index (χ4v) is 4.04. The first-order chi connectivity index (χ1) is 9.09. The molecule has 0 aliphatic carbocycles. The van der Waals surface area contributed by atoms with Gasteiger partial charge >= 0.3 is 5.97 Å². The van der Waals surface area contributed by atoms with E-state index in [1.165, 1.54) is 4.31 Å². The number of hydrogen-bond acceptors (Lipinski definition) is 5. The minimum absolute atomic E-state index is 0.147. The van der Waals surface area contributed by atoms with Gasteiger partial charge in [0.05, 0.1) is 4.90 Å². The van der Waals surface area contributed by atoms with Gasteiger partial charge in [0, 0.05) is 11.0 Å². The molecule has 5 nitrogen and oxygen atoms in total. The number of halogens is 1. The van der Waals surface area contributed by atoms with E-state index in [1.807, 2.05) is 6.07 Å². The van der Waals surface area contributed by atoms with Crippen molar-refractivity contribution in [2.45, 2.75) is 37.8 Å². The van der Waals surface area contributed by atoms with Crippen molar-refractivity contribution in [2.75, 3.05) is 6.54 Å². The number of nitrogens with zero attached hydrogens (tertiary/aromatic N) is 1. The van der Waals surface area contributed by atoms with Gasteiger partial charge < -0.3 is 4.74 Å². The maximum atomic E-state index is 11.8. The van der Waals surface area contributed by atoms with Crippen LogP contribution in [0.5, 0.6) is 0 Å². The fourth-order valence-electron chi connectivity index (χ4n) is 2.02. The molecule has 0 aromatic heterocycles. The van der Waals surface area contributed by atoms with Gasteiger partial charge in [0.15, 0.2) is 0 Å². The number of fused-ring (bicyclic) bond motifs is 1. The van der Waals surface area contributed by atoms with E-state index in [4.69, 9.17) is 4.74 Å². The second kappa shape index (κ2) is 5.31. The lowest BCUT2D eigenvalue weighted by Gasteiger charge is -2.36. The maximum Gasteiger partial charge on any atom is 0.322 e. The molecule has 7 heteroatoms. The zero-order chi connectivity index (χ0) is 15.1. The molecule has 1 heterocycles. The van der Waals surface area contributed by atoms with Gasteiger partial charge in [-0.3, -0.25) is 13.9 Å². The molecule has 0 unspecified atom stereocenters. The standard InChI is InChI=1S/C13H18BrNO4S/c1-13(2,3)19-12(16)8-15-7-9-6-10(14)4-5-11(9)20(15,17)18/h4-6,17-18H,7-8H2,1-3H3. The van der Waals surface area contributed by atoms with Gasteiger partial charge in [-0.1, -0.05) is 15.9 Å². The summed E-state index contributed by atoms with van der Waals surface area (Å²) in [6.07, 6.45) is 0. The Morgan fingerprint density at radius 3 is 2.70 bits per heavy atom. The van der Waals surface area contributed by atoms with Gasteiger partial charge in [0.2, 0.25) is 0 Å². The van der Waals surface area contributed by atoms with E-state index in [1.54, 1.807) is 32.9 Å². The molecule has 0 radical (unpaired) electrons. The molecule has 0 atom stereocenters. The summed E-state index contributed by atoms with van der Waals surface area (Å²) < 4.78 is 28.0. The van der Waals surface area contributed by atoms with E-state index in [2.05, 4.69) is 15.9 Å². The third-order valence-electron chi connectivity index (χ3n) is 2.75. The summed E-state index contributed by atoms with van der Waals surface area (Å²) in [6.45, 7) is 5.50. The average Bonchev–Trinajstić information content (AvgIpc) is 2.47. The Morgan fingerprint density at radius 1 is 1.45 bits per heavy atom. The van der Waals surface area contributed by atoms with Crippen LogP contribution < -0.4 is 0 Å². The lowest BCUT2D eigenvalue weighted by atomic mass is 10.2. The van der Waals surface area contributed by atoms with Crippen LogP contribution in [-0.4, -0.2) is 31.5 Å². The van der Waals surface area contributed by atoms with Gasteiger partial charge in [-0.2, -0.15) is 4.31 Å². The molecular weight excluding hydrogens is 346 g/mol. The molecule has 112 valence electrons. The quantitative estimate of drug-likeness (QED) is 0.785. The lowest BCUT2D eigenvalue weighted by molar-refractivity contribution is -0.155. The summed E-state index contributed by atoms with van der Waals surface area (Å²) in [7, 11) is -3.10. The zero-order valence-corrected chi connectivity index (χ0v) is 14.0. The van der Waals surface area contributed by atoms with Crippen LogP contribution in [0.1, 0.15) is 26.3 Å². The average molecular weight is 364 g/mol. The van der Waals surface area contributed by atoms with Crippen molar-refractivity contribution < 1.29 is 18.6 Å². The third-order valence-corrected chi connectivity index (χ3v) is 5.21. The van der Waals surface area contributed by atoms with Crippen LogP contribution in [0, 0.1) is 0 Å². The molecule has 2 rings (SSSR count). The van der Waals surface area contributed by atoms with E-state index in [-0.39, 0.29) is 6.54 Å². The second-order valence-corrected chi connectivity index (χ2v) is 8.56. The highest BCUT2D eigenvalue weighted by molar-refractivity contribution is 9.10. The Hall–Kier alpha value is -0.600. The van der Waals surface area contributed by atoms with Crippen LogP contribution in [0.2, 0.25) is 0 Å². The van der Waals surface area contributed by atoms with E-state index in [9.17, 15) is 13.9 Å². The second-order valence-electron chi connectivity index (χ2n) is 5.66. The molecule has 1 aliphatic rings. The molecule has 0 fully saturated rings. The highest BCUT2D eigenvalue weighted by Gasteiger charge is 2.37. The summed E-state index contributed by atoms with van der Waals surface area (Å²) in [5.41, 5.74) is 0.221. The van der Waals surface area contributed by atoms with E-state index in [0.717, 1.165) is 10.0 Å². The third kappa shape index (κ3) is 3.35. The van der Waals surface area contributed by atoms with Crippen molar-refractivity contribution >= 4 is 32.7 Å². The van der Waals surface area contributed by atoms with Crippen LogP contribution in [0.15, 0.2) is 27.6 Å². The van der Waals surface area contributed by atoms with Crippen LogP contribution in [-0.2, 0) is 16.1 Å². The van der Waals surface area contributed by atoms with E-state index < -0.39 is 22.3 Å². The normalized spacial score (nSPS) is 19.5. The Balaban J connectivity index is 2.15. The minimum atomic E-state index is -3.10. The number of carbonyl (C=O) groups is 1. The molecular formula is C13H18BrNO4S. The maximum absolute atomic E-state index is 11.8. The molecule has 2 N–H and O–H groups in total. The zero-order valence-electron chi connectivity index (χ0n) is 11.6. The monoisotopic (exact) mass is 363 g/mol. The predicted octanol–water partition coefficient (Wildman–Crippen LogP) is 3.63. The van der Waals surface area contributed by atoms with Crippen LogP contribution in [0.4, 0.5) is 0 Å². The number of ether oxygens (including phenoxy) is 1. The smallest absolute Gasteiger partial charge is 0.322 e. The van der Waals surface area contributed by atoms with Gasteiger partial charge in [0.1, 0.15) is 12.1 Å². The summed E-state index contributed by atoms with van der Waals surface area (Å²) in [5.74, 6) is -0.468. The van der Waals surface area contributed by atoms with Crippen LogP contribution in [0.3, 0.4) is 0 Å². The Labute approximate surface area is 128 Å². The largest absolute Gasteiger partial charge is 0.459 e. The van der Waals surface area contributed by atoms with Gasteiger partial charge in [-0.05, 0) is 44.5 Å². The molecule has 20 heavy (non-hydrogen) atoms. The number of rotatable bonds is 2. The molecule has 1 aromatic rings. The SMILES string of the molecule is CC(C)(C)OC(=O)CN1Cc2cc(Br)ccc2S1(O)O. The van der Waals surface area contributed by atoms with Crippen molar-refractivity contribution in [3.05, 3.63) is 28.2 Å². The van der Waals surface area contributed by atoms with Gasteiger partial charge in [-0.15, -0.1) is 10.8 Å². The highest BCUT2D eigenvalue weighted by atomic mass is 79.9. The molecule has 0 amide bonds. The van der Waals surface area contributed by atoms with Crippen molar-refractivity contribution in [1.82, 2.24) is 4.31 Å². The van der Waals surface area contributed by atoms with Gasteiger partial charge in [0.25, 0.3) is 0 Å². The minimum Gasteiger partial charge on any atom is -0.459 e. The highest BCUT2D eigenvalue weighted by Crippen LogP contribution is 2.58. The van der Waals surface area contributed by atoms with Crippen molar-refractivity contribution in [3.8, 4) is 0 Å². The van der Waals surface area contributed by atoms with Crippen LogP contribution in [0.25, 0.3) is 0 Å². The number of carbonyl (C=O) groups excluding carboxylic acids is 1. The molecule has 1 aromatic carbocycles. The lowest BCUT2D eigenvalue weighted by Crippen LogP contribution is -2.33. The van der Waals surface area contributed by atoms with Crippen molar-refractivity contribution in [3.63, 3.8) is 0 Å². The number of benzene rings is 1. The first-order valence-corrected chi connectivity index (χ1v) is 8.43. The molecule has 0 spiro atoms. The summed E-state index contributed by atoms with van der Waals surface area (Å²) in [6, 6.07) is 5.26. The summed E-state index contributed by atoms with van der Waals surface area (Å²) >= 11 is 3.35. The van der Waals surface area contributed by atoms with E-state index >= 15 is 0 Å². The first-order valence-electron chi connectivity index (χ1n) is 6.13. The Morgan fingerprint density at radius 2 is 2.10 bits per heavy atom. The van der Waals surface area contributed by atoms with Gasteiger partial charge in [-0.25, -0.2) is 0 Å². The molecule has 1 aliphatic heterocycles. The fraction of sp³-hybridized carbons (Fsp3) is 0.462. The molecule has 0 saturated carbocycles. The van der Waals surface area contributed by atoms with Crippen LogP contribution >= 0.6 is 26.7 Å². The summed E-state index contributed by atoms with van der Waals surface area (Å²) in [5, 5.41) is 0. The number of esters is 1. The molecule has 0 bridgehead atoms. The van der Waals surface area contributed by atoms with Crippen molar-refractivity contribution in [1.29, 1.82) is 0 Å². The predicted molar refractivity (Wildman–Crippen MR) is 81.5 cm³/mol. The topological polar surface area (TPSA) is 70.0 Å².